The zero-order valence-electron chi connectivity index (χ0n) is 9.17. The SMILES string of the molecule is Cc1cc(I)cc(C#N)c1OCC(C)C. The van der Waals surface area contributed by atoms with Crippen LogP contribution in [0.15, 0.2) is 12.1 Å². The van der Waals surface area contributed by atoms with Crippen molar-refractivity contribution in [3.8, 4) is 11.8 Å². The summed E-state index contributed by atoms with van der Waals surface area (Å²) >= 11 is 2.21. The van der Waals surface area contributed by atoms with Crippen molar-refractivity contribution in [2.24, 2.45) is 5.92 Å². The average Bonchev–Trinajstić information content (AvgIpc) is 2.14. The zero-order valence-corrected chi connectivity index (χ0v) is 11.3. The second-order valence-electron chi connectivity index (χ2n) is 3.92. The first-order valence-electron chi connectivity index (χ1n) is 4.87. The monoisotopic (exact) mass is 315 g/mol. The summed E-state index contributed by atoms with van der Waals surface area (Å²) in [5, 5.41) is 9.00. The predicted octanol–water partition coefficient (Wildman–Crippen LogP) is 3.51. The molecular weight excluding hydrogens is 301 g/mol. The Kier molecular flexibility index (Phi) is 4.40. The third-order valence-electron chi connectivity index (χ3n) is 1.92. The molecular formula is C12H14INO. The Morgan fingerprint density at radius 3 is 2.67 bits per heavy atom. The van der Waals surface area contributed by atoms with E-state index < -0.39 is 0 Å². The van der Waals surface area contributed by atoms with Crippen LogP contribution in [0.25, 0.3) is 0 Å². The van der Waals surface area contributed by atoms with E-state index in [-0.39, 0.29) is 0 Å². The van der Waals surface area contributed by atoms with Gasteiger partial charge in [0.2, 0.25) is 0 Å². The van der Waals surface area contributed by atoms with Gasteiger partial charge in [-0.3, -0.25) is 0 Å². The number of ether oxygens (including phenoxy) is 1. The van der Waals surface area contributed by atoms with Crippen molar-refractivity contribution < 1.29 is 4.74 Å². The van der Waals surface area contributed by atoms with Crippen LogP contribution in [0.1, 0.15) is 25.0 Å². The van der Waals surface area contributed by atoms with Gasteiger partial charge in [-0.15, -0.1) is 0 Å². The van der Waals surface area contributed by atoms with Gasteiger partial charge >= 0.3 is 0 Å². The largest absolute Gasteiger partial charge is 0.492 e. The predicted molar refractivity (Wildman–Crippen MR) is 68.9 cm³/mol. The second-order valence-corrected chi connectivity index (χ2v) is 5.16. The molecule has 0 saturated carbocycles. The Balaban J connectivity index is 3.00. The second kappa shape index (κ2) is 5.36. The van der Waals surface area contributed by atoms with Gasteiger partial charge in [0.25, 0.3) is 0 Å². The van der Waals surface area contributed by atoms with E-state index in [4.69, 9.17) is 10.00 Å². The molecule has 1 aromatic rings. The summed E-state index contributed by atoms with van der Waals surface area (Å²) in [6.07, 6.45) is 0. The van der Waals surface area contributed by atoms with Crippen LogP contribution in [-0.2, 0) is 0 Å². The van der Waals surface area contributed by atoms with Crippen molar-refractivity contribution in [2.45, 2.75) is 20.8 Å². The maximum absolute atomic E-state index is 9.00. The fraction of sp³-hybridized carbons (Fsp3) is 0.417. The molecule has 0 bridgehead atoms. The van der Waals surface area contributed by atoms with Gasteiger partial charge < -0.3 is 4.74 Å². The Bertz CT molecular complexity index is 393. The molecule has 0 saturated heterocycles. The van der Waals surface area contributed by atoms with Crippen molar-refractivity contribution in [2.75, 3.05) is 6.61 Å². The summed E-state index contributed by atoms with van der Waals surface area (Å²) in [5.74, 6) is 1.20. The van der Waals surface area contributed by atoms with Gasteiger partial charge in [-0.2, -0.15) is 5.26 Å². The number of nitrogens with zero attached hydrogens (tertiary/aromatic N) is 1. The Hall–Kier alpha value is -0.760. The van der Waals surface area contributed by atoms with Crippen LogP contribution in [-0.4, -0.2) is 6.61 Å². The molecule has 1 rings (SSSR count). The first-order valence-corrected chi connectivity index (χ1v) is 5.95. The van der Waals surface area contributed by atoms with E-state index in [2.05, 4.69) is 42.5 Å². The zero-order chi connectivity index (χ0) is 11.4. The summed E-state index contributed by atoms with van der Waals surface area (Å²) in [6, 6.07) is 6.05. The maximum Gasteiger partial charge on any atom is 0.140 e. The van der Waals surface area contributed by atoms with Crippen molar-refractivity contribution in [3.63, 3.8) is 0 Å². The standard InChI is InChI=1S/C12H14INO/c1-8(2)7-15-12-9(3)4-11(13)5-10(12)6-14/h4-5,8H,7H2,1-3H3. The lowest BCUT2D eigenvalue weighted by Gasteiger charge is -2.12. The highest BCUT2D eigenvalue weighted by atomic mass is 127. The van der Waals surface area contributed by atoms with Crippen molar-refractivity contribution >= 4 is 22.6 Å². The summed E-state index contributed by atoms with van der Waals surface area (Å²) in [6.45, 7) is 6.80. The first-order chi connectivity index (χ1) is 7.04. The highest BCUT2D eigenvalue weighted by Crippen LogP contribution is 2.26. The molecule has 0 spiro atoms. The van der Waals surface area contributed by atoms with Gasteiger partial charge in [0.15, 0.2) is 0 Å². The Labute approximate surface area is 104 Å². The van der Waals surface area contributed by atoms with E-state index in [9.17, 15) is 0 Å². The summed E-state index contributed by atoms with van der Waals surface area (Å²) in [5.41, 5.74) is 1.65. The fourth-order valence-corrected chi connectivity index (χ4v) is 2.03. The third kappa shape index (κ3) is 3.38. The van der Waals surface area contributed by atoms with Crippen molar-refractivity contribution in [1.82, 2.24) is 0 Å². The third-order valence-corrected chi connectivity index (χ3v) is 2.54. The number of rotatable bonds is 3. The van der Waals surface area contributed by atoms with E-state index in [1.165, 1.54) is 0 Å². The number of hydrogen-bond donors (Lipinski definition) is 0. The minimum Gasteiger partial charge on any atom is -0.492 e. The average molecular weight is 315 g/mol. The summed E-state index contributed by atoms with van der Waals surface area (Å²) in [4.78, 5) is 0. The number of aryl methyl sites for hydroxylation is 1. The lowest BCUT2D eigenvalue weighted by molar-refractivity contribution is 0.268. The number of hydrogen-bond acceptors (Lipinski definition) is 2. The highest BCUT2D eigenvalue weighted by Gasteiger charge is 2.09. The molecule has 0 atom stereocenters. The van der Waals surface area contributed by atoms with Gasteiger partial charge in [-0.25, -0.2) is 0 Å². The number of benzene rings is 1. The molecule has 0 heterocycles. The molecule has 2 nitrogen and oxygen atoms in total. The van der Waals surface area contributed by atoms with Gasteiger partial charge in [-0.05, 0) is 53.1 Å². The lowest BCUT2D eigenvalue weighted by Crippen LogP contribution is -2.07. The molecule has 0 fully saturated rings. The minimum absolute atomic E-state index is 0.468. The number of nitriles is 1. The normalized spacial score (nSPS) is 10.1. The quantitative estimate of drug-likeness (QED) is 0.800. The van der Waals surface area contributed by atoms with Crippen molar-refractivity contribution in [3.05, 3.63) is 26.8 Å². The van der Waals surface area contributed by atoms with Crippen LogP contribution in [0.4, 0.5) is 0 Å². The van der Waals surface area contributed by atoms with E-state index in [0.717, 1.165) is 14.9 Å². The maximum atomic E-state index is 9.00. The molecule has 1 aromatic carbocycles. The van der Waals surface area contributed by atoms with Crippen LogP contribution in [0.3, 0.4) is 0 Å². The Morgan fingerprint density at radius 1 is 1.47 bits per heavy atom. The van der Waals surface area contributed by atoms with Gasteiger partial charge in [-0.1, -0.05) is 13.8 Å². The minimum atomic E-state index is 0.468. The summed E-state index contributed by atoms with van der Waals surface area (Å²) in [7, 11) is 0. The molecule has 0 aliphatic carbocycles. The Morgan fingerprint density at radius 2 is 2.13 bits per heavy atom. The molecule has 0 radical (unpaired) electrons. The molecule has 3 heteroatoms. The molecule has 0 aliphatic heterocycles. The van der Waals surface area contributed by atoms with Crippen LogP contribution < -0.4 is 4.74 Å². The molecule has 0 aliphatic rings. The van der Waals surface area contributed by atoms with Crippen molar-refractivity contribution in [1.29, 1.82) is 5.26 Å². The van der Waals surface area contributed by atoms with Crippen LogP contribution in [0.2, 0.25) is 0 Å². The van der Waals surface area contributed by atoms with E-state index in [1.807, 2.05) is 19.1 Å². The smallest absolute Gasteiger partial charge is 0.140 e. The van der Waals surface area contributed by atoms with Crippen LogP contribution in [0.5, 0.6) is 5.75 Å². The molecule has 80 valence electrons. The molecule has 15 heavy (non-hydrogen) atoms. The highest BCUT2D eigenvalue weighted by molar-refractivity contribution is 14.1. The molecule has 0 unspecified atom stereocenters. The van der Waals surface area contributed by atoms with E-state index >= 15 is 0 Å². The van der Waals surface area contributed by atoms with Crippen LogP contribution >= 0.6 is 22.6 Å². The first kappa shape index (κ1) is 12.3. The van der Waals surface area contributed by atoms with Gasteiger partial charge in [0.1, 0.15) is 11.8 Å². The van der Waals surface area contributed by atoms with Gasteiger partial charge in [0, 0.05) is 3.57 Å². The lowest BCUT2D eigenvalue weighted by atomic mass is 10.1. The topological polar surface area (TPSA) is 33.0 Å². The molecule has 0 N–H and O–H groups in total. The summed E-state index contributed by atoms with van der Waals surface area (Å²) < 4.78 is 6.72. The van der Waals surface area contributed by atoms with E-state index in [0.29, 0.717) is 18.1 Å². The fourth-order valence-electron chi connectivity index (χ4n) is 1.25. The van der Waals surface area contributed by atoms with Crippen LogP contribution in [0, 0.1) is 27.7 Å². The van der Waals surface area contributed by atoms with Gasteiger partial charge in [0.05, 0.1) is 12.2 Å². The van der Waals surface area contributed by atoms with E-state index in [1.54, 1.807) is 0 Å². The molecule has 0 amide bonds. The number of halogens is 1. The molecule has 0 aromatic heterocycles.